The molecular weight excluding hydrogens is 270 g/mol. The van der Waals surface area contributed by atoms with E-state index in [1.54, 1.807) is 12.1 Å². The van der Waals surface area contributed by atoms with Gasteiger partial charge in [-0.25, -0.2) is 4.79 Å². The number of nitrogens with zero attached hydrogens (tertiary/aromatic N) is 3. The van der Waals surface area contributed by atoms with Crippen molar-refractivity contribution in [1.29, 1.82) is 0 Å². The van der Waals surface area contributed by atoms with Crippen molar-refractivity contribution in [3.63, 3.8) is 0 Å². The van der Waals surface area contributed by atoms with Gasteiger partial charge in [0.25, 0.3) is 0 Å². The number of carboxylic acids is 1. The summed E-state index contributed by atoms with van der Waals surface area (Å²) < 4.78 is 5.23. The number of rotatable bonds is 6. The molecule has 110 valence electrons. The quantitative estimate of drug-likeness (QED) is 0.878. The molecule has 0 bridgehead atoms. The van der Waals surface area contributed by atoms with Gasteiger partial charge in [-0.3, -0.25) is 4.90 Å². The van der Waals surface area contributed by atoms with E-state index < -0.39 is 5.97 Å². The van der Waals surface area contributed by atoms with Crippen molar-refractivity contribution in [2.45, 2.75) is 31.8 Å². The Morgan fingerprint density at radius 3 is 2.67 bits per heavy atom. The summed E-state index contributed by atoms with van der Waals surface area (Å²) in [5, 5.41) is 12.9. The number of hydrogen-bond donors (Lipinski definition) is 1. The SMILES string of the molecule is CN(Cc1ccc(C(=O)O)cc1)Cc1noc(C2CC2)n1. The van der Waals surface area contributed by atoms with Crippen molar-refractivity contribution in [2.24, 2.45) is 0 Å². The lowest BCUT2D eigenvalue weighted by Gasteiger charge is -2.14. The zero-order chi connectivity index (χ0) is 14.8. The molecule has 6 nitrogen and oxygen atoms in total. The summed E-state index contributed by atoms with van der Waals surface area (Å²) in [7, 11) is 1.97. The molecule has 3 rings (SSSR count). The lowest BCUT2D eigenvalue weighted by atomic mass is 10.1. The van der Waals surface area contributed by atoms with Gasteiger partial charge >= 0.3 is 5.97 Å². The molecule has 0 radical (unpaired) electrons. The average molecular weight is 287 g/mol. The minimum atomic E-state index is -0.908. The predicted octanol–water partition coefficient (Wildman–Crippen LogP) is 2.28. The monoisotopic (exact) mass is 287 g/mol. The van der Waals surface area contributed by atoms with Crippen LogP contribution in [0.25, 0.3) is 0 Å². The highest BCUT2D eigenvalue weighted by molar-refractivity contribution is 5.87. The second kappa shape index (κ2) is 5.65. The maximum absolute atomic E-state index is 10.8. The van der Waals surface area contributed by atoms with Crippen molar-refractivity contribution in [1.82, 2.24) is 15.0 Å². The molecule has 1 saturated carbocycles. The molecule has 0 amide bonds. The fourth-order valence-corrected chi connectivity index (χ4v) is 2.19. The summed E-state index contributed by atoms with van der Waals surface area (Å²) in [6, 6.07) is 6.88. The van der Waals surface area contributed by atoms with Crippen LogP contribution < -0.4 is 0 Å². The summed E-state index contributed by atoms with van der Waals surface area (Å²) >= 11 is 0. The first-order valence-corrected chi connectivity index (χ1v) is 6.95. The van der Waals surface area contributed by atoms with Crippen LogP contribution in [0.5, 0.6) is 0 Å². The van der Waals surface area contributed by atoms with Crippen molar-refractivity contribution in [3.8, 4) is 0 Å². The molecule has 1 aliphatic rings. The highest BCUT2D eigenvalue weighted by Gasteiger charge is 2.29. The van der Waals surface area contributed by atoms with E-state index in [-0.39, 0.29) is 0 Å². The second-order valence-corrected chi connectivity index (χ2v) is 5.50. The molecule has 0 unspecified atom stereocenters. The number of carboxylic acid groups (broad SMARTS) is 1. The van der Waals surface area contributed by atoms with Crippen LogP contribution in [0.2, 0.25) is 0 Å². The minimum absolute atomic E-state index is 0.300. The van der Waals surface area contributed by atoms with Gasteiger partial charge in [0.15, 0.2) is 5.82 Å². The van der Waals surface area contributed by atoms with Gasteiger partial charge in [0.2, 0.25) is 5.89 Å². The minimum Gasteiger partial charge on any atom is -0.478 e. The highest BCUT2D eigenvalue weighted by Crippen LogP contribution is 2.38. The molecule has 1 aromatic heterocycles. The van der Waals surface area contributed by atoms with Gasteiger partial charge in [0, 0.05) is 12.5 Å². The second-order valence-electron chi connectivity index (χ2n) is 5.50. The van der Waals surface area contributed by atoms with Gasteiger partial charge in [0.1, 0.15) is 0 Å². The summed E-state index contributed by atoms with van der Waals surface area (Å²) in [5.41, 5.74) is 1.35. The molecule has 0 atom stereocenters. The van der Waals surface area contributed by atoms with Crippen molar-refractivity contribution in [3.05, 3.63) is 47.1 Å². The first-order chi connectivity index (χ1) is 10.1. The van der Waals surface area contributed by atoms with E-state index in [1.165, 1.54) is 0 Å². The maximum Gasteiger partial charge on any atom is 0.335 e. The van der Waals surface area contributed by atoms with Crippen LogP contribution in [-0.4, -0.2) is 33.2 Å². The van der Waals surface area contributed by atoms with Gasteiger partial charge in [-0.15, -0.1) is 0 Å². The Labute approximate surface area is 122 Å². The molecule has 1 aliphatic carbocycles. The zero-order valence-corrected chi connectivity index (χ0v) is 11.8. The van der Waals surface area contributed by atoms with E-state index >= 15 is 0 Å². The van der Waals surface area contributed by atoms with Crippen LogP contribution >= 0.6 is 0 Å². The van der Waals surface area contributed by atoms with Gasteiger partial charge in [-0.05, 0) is 37.6 Å². The molecule has 0 aliphatic heterocycles. The van der Waals surface area contributed by atoms with E-state index in [0.717, 1.165) is 24.3 Å². The van der Waals surface area contributed by atoms with Crippen molar-refractivity contribution in [2.75, 3.05) is 7.05 Å². The van der Waals surface area contributed by atoms with Crippen molar-refractivity contribution >= 4 is 5.97 Å². The van der Waals surface area contributed by atoms with Crippen molar-refractivity contribution < 1.29 is 14.4 Å². The summed E-state index contributed by atoms with van der Waals surface area (Å²) in [6.07, 6.45) is 2.29. The van der Waals surface area contributed by atoms with Crippen LogP contribution in [0, 0.1) is 0 Å². The maximum atomic E-state index is 10.8. The molecule has 6 heteroatoms. The molecule has 1 heterocycles. The molecule has 1 N–H and O–H groups in total. The third-order valence-corrected chi connectivity index (χ3v) is 3.48. The molecule has 21 heavy (non-hydrogen) atoms. The molecule has 0 saturated heterocycles. The van der Waals surface area contributed by atoms with E-state index in [9.17, 15) is 4.79 Å². The normalized spacial score (nSPS) is 14.6. The van der Waals surface area contributed by atoms with Gasteiger partial charge in [0.05, 0.1) is 12.1 Å². The van der Waals surface area contributed by atoms with E-state index in [4.69, 9.17) is 9.63 Å². The lowest BCUT2D eigenvalue weighted by molar-refractivity contribution is 0.0697. The Bertz CT molecular complexity index is 632. The number of carbonyl (C=O) groups is 1. The molecule has 2 aromatic rings. The topological polar surface area (TPSA) is 79.5 Å². The molecule has 0 spiro atoms. The smallest absolute Gasteiger partial charge is 0.335 e. The third kappa shape index (κ3) is 3.46. The third-order valence-electron chi connectivity index (χ3n) is 3.48. The number of aromatic carboxylic acids is 1. The first-order valence-electron chi connectivity index (χ1n) is 6.95. The van der Waals surface area contributed by atoms with Gasteiger partial charge < -0.3 is 9.63 Å². The van der Waals surface area contributed by atoms with Crippen LogP contribution in [0.15, 0.2) is 28.8 Å². The Balaban J connectivity index is 1.57. The standard InChI is InChI=1S/C15H17N3O3/c1-18(8-10-2-4-12(5-3-10)15(19)20)9-13-16-14(21-17-13)11-6-7-11/h2-5,11H,6-9H2,1H3,(H,19,20). The molecule has 1 fully saturated rings. The van der Waals surface area contributed by atoms with E-state index in [0.29, 0.717) is 30.4 Å². The Morgan fingerprint density at radius 1 is 1.33 bits per heavy atom. The Morgan fingerprint density at radius 2 is 2.05 bits per heavy atom. The number of benzene rings is 1. The number of hydrogen-bond acceptors (Lipinski definition) is 5. The van der Waals surface area contributed by atoms with E-state index in [1.807, 2.05) is 19.2 Å². The van der Waals surface area contributed by atoms with Crippen LogP contribution in [-0.2, 0) is 13.1 Å². The molecular formula is C15H17N3O3. The fraction of sp³-hybridized carbons (Fsp3) is 0.400. The van der Waals surface area contributed by atoms with Crippen LogP contribution in [0.1, 0.15) is 46.4 Å². The summed E-state index contributed by atoms with van der Waals surface area (Å²) in [4.78, 5) is 17.3. The van der Waals surface area contributed by atoms with Gasteiger partial charge in [-0.2, -0.15) is 4.98 Å². The Kier molecular flexibility index (Phi) is 3.70. The zero-order valence-electron chi connectivity index (χ0n) is 11.8. The largest absolute Gasteiger partial charge is 0.478 e. The Hall–Kier alpha value is -2.21. The van der Waals surface area contributed by atoms with Gasteiger partial charge in [-0.1, -0.05) is 17.3 Å². The molecule has 1 aromatic carbocycles. The van der Waals surface area contributed by atoms with Crippen LogP contribution in [0.4, 0.5) is 0 Å². The number of aromatic nitrogens is 2. The van der Waals surface area contributed by atoms with E-state index in [2.05, 4.69) is 15.0 Å². The lowest BCUT2D eigenvalue weighted by Crippen LogP contribution is -2.18. The summed E-state index contributed by atoms with van der Waals surface area (Å²) in [6.45, 7) is 1.31. The highest BCUT2D eigenvalue weighted by atomic mass is 16.5. The fourth-order valence-electron chi connectivity index (χ4n) is 2.19. The first kappa shape index (κ1) is 13.8. The predicted molar refractivity (Wildman–Crippen MR) is 74.8 cm³/mol. The summed E-state index contributed by atoms with van der Waals surface area (Å²) in [5.74, 6) is 1.01. The van der Waals surface area contributed by atoms with Crippen LogP contribution in [0.3, 0.4) is 0 Å². The average Bonchev–Trinajstić information content (AvgIpc) is 3.20.